The van der Waals surface area contributed by atoms with Crippen molar-refractivity contribution in [2.75, 3.05) is 20.8 Å². The molecule has 42 heavy (non-hydrogen) atoms. The third kappa shape index (κ3) is 6.30. The van der Waals surface area contributed by atoms with Crippen LogP contribution in [0.4, 0.5) is 4.79 Å². The highest BCUT2D eigenvalue weighted by Gasteiger charge is 2.51. The number of rotatable bonds is 3. The summed E-state index contributed by atoms with van der Waals surface area (Å²) in [6, 6.07) is 3.70. The van der Waals surface area contributed by atoms with Gasteiger partial charge in [-0.3, -0.25) is 9.59 Å². The normalized spacial score (nSPS) is 28.9. The van der Waals surface area contributed by atoms with E-state index in [1.807, 2.05) is 32.9 Å². The fourth-order valence-corrected chi connectivity index (χ4v) is 6.08. The number of hydrogen-bond donors (Lipinski definition) is 1. The molecule has 1 aliphatic carbocycles. The molecule has 3 heterocycles. The van der Waals surface area contributed by atoms with Crippen LogP contribution in [-0.2, 0) is 25.5 Å². The fourth-order valence-electron chi connectivity index (χ4n) is 6.08. The number of aryl methyl sites for hydroxylation is 1. The predicted molar refractivity (Wildman–Crippen MR) is 154 cm³/mol. The zero-order valence-electron chi connectivity index (χ0n) is 25.3. The van der Waals surface area contributed by atoms with Crippen molar-refractivity contribution >= 4 is 28.8 Å². The summed E-state index contributed by atoms with van der Waals surface area (Å²) in [5.41, 5.74) is 1.42. The number of aromatic nitrogens is 2. The number of nitrogens with one attached hydrogen (secondary N) is 1. The Kier molecular flexibility index (Phi) is 8.59. The van der Waals surface area contributed by atoms with Crippen LogP contribution in [0.2, 0.25) is 0 Å². The largest absolute Gasteiger partial charge is 0.497 e. The maximum atomic E-state index is 14.1. The van der Waals surface area contributed by atoms with E-state index < -0.39 is 41.7 Å². The zero-order chi connectivity index (χ0) is 30.2. The van der Waals surface area contributed by atoms with Crippen LogP contribution < -0.4 is 14.8 Å². The van der Waals surface area contributed by atoms with Crippen molar-refractivity contribution in [2.45, 2.75) is 96.6 Å². The number of Topliss-reactive ketones (excluding diaryl/α,β-unsaturated/α-hetero) is 1. The molecule has 1 aromatic heterocycles. The van der Waals surface area contributed by atoms with E-state index in [0.29, 0.717) is 29.5 Å². The summed E-state index contributed by atoms with van der Waals surface area (Å²) in [5, 5.41) is 2.81. The van der Waals surface area contributed by atoms with Crippen molar-refractivity contribution in [3.05, 3.63) is 23.9 Å². The highest BCUT2D eigenvalue weighted by atomic mass is 16.6. The molecule has 6 atom stereocenters. The van der Waals surface area contributed by atoms with Crippen LogP contribution >= 0.6 is 0 Å². The molecule has 0 radical (unpaired) electrons. The van der Waals surface area contributed by atoms with Gasteiger partial charge in [-0.05, 0) is 56.1 Å². The van der Waals surface area contributed by atoms with Crippen LogP contribution in [-0.4, -0.2) is 83.8 Å². The molecule has 2 amide bonds. The highest BCUT2D eigenvalue weighted by molar-refractivity contribution is 5.93. The Morgan fingerprint density at radius 2 is 1.83 bits per heavy atom. The minimum atomic E-state index is -0.928. The molecular formula is C31H42N4O7. The Hall–Kier alpha value is -3.47. The lowest BCUT2D eigenvalue weighted by molar-refractivity contribution is -0.142. The maximum Gasteiger partial charge on any atom is 0.408 e. The molecular weight excluding hydrogens is 540 g/mol. The van der Waals surface area contributed by atoms with Gasteiger partial charge in [-0.25, -0.2) is 14.8 Å². The molecule has 1 saturated heterocycles. The zero-order valence-corrected chi connectivity index (χ0v) is 25.3. The SMILES string of the molecule is COc1ccc2nc3c(nc2c1)O[C@H]1CN(C(=O)[C@H](C(C)(C)C)NC(=O)O[C@@H]2C[C@H]2CCCCC3)[C@H](C(C)=O)[C@@H]1OC. The summed E-state index contributed by atoms with van der Waals surface area (Å²) in [7, 11) is 3.10. The van der Waals surface area contributed by atoms with E-state index in [2.05, 4.69) is 5.32 Å². The number of methoxy groups -OCH3 is 2. The lowest BCUT2D eigenvalue weighted by Gasteiger charge is -2.35. The summed E-state index contributed by atoms with van der Waals surface area (Å²) in [6.45, 7) is 7.12. The Labute approximate surface area is 246 Å². The van der Waals surface area contributed by atoms with Gasteiger partial charge in [0.25, 0.3) is 0 Å². The fraction of sp³-hybridized carbons (Fsp3) is 0.645. The quantitative estimate of drug-likeness (QED) is 0.574. The Morgan fingerprint density at radius 3 is 2.52 bits per heavy atom. The van der Waals surface area contributed by atoms with E-state index >= 15 is 0 Å². The van der Waals surface area contributed by atoms with Crippen LogP contribution in [0.15, 0.2) is 18.2 Å². The summed E-state index contributed by atoms with van der Waals surface area (Å²) < 4.78 is 23.4. The van der Waals surface area contributed by atoms with E-state index in [1.165, 1.54) is 18.9 Å². The smallest absolute Gasteiger partial charge is 0.408 e. The Balaban J connectivity index is 1.53. The topological polar surface area (TPSA) is 129 Å². The average molecular weight is 583 g/mol. The first-order chi connectivity index (χ1) is 20.0. The number of benzene rings is 1. The molecule has 1 N–H and O–H groups in total. The second-order valence-electron chi connectivity index (χ2n) is 12.7. The summed E-state index contributed by atoms with van der Waals surface area (Å²) in [4.78, 5) is 51.2. The van der Waals surface area contributed by atoms with Crippen LogP contribution in [0, 0.1) is 11.3 Å². The summed E-state index contributed by atoms with van der Waals surface area (Å²) in [5.74, 6) is 0.709. The lowest BCUT2D eigenvalue weighted by Crippen LogP contribution is -2.57. The van der Waals surface area contributed by atoms with Gasteiger partial charge in [0, 0.05) is 13.2 Å². The van der Waals surface area contributed by atoms with Gasteiger partial charge < -0.3 is 29.2 Å². The van der Waals surface area contributed by atoms with E-state index in [4.69, 9.17) is 28.9 Å². The Morgan fingerprint density at radius 1 is 1.05 bits per heavy atom. The van der Waals surface area contributed by atoms with Crippen LogP contribution in [0.5, 0.6) is 11.6 Å². The first kappa shape index (κ1) is 30.0. The van der Waals surface area contributed by atoms with Crippen molar-refractivity contribution in [1.82, 2.24) is 20.2 Å². The van der Waals surface area contributed by atoms with Crippen LogP contribution in [0.25, 0.3) is 11.0 Å². The molecule has 1 saturated carbocycles. The second-order valence-corrected chi connectivity index (χ2v) is 12.7. The minimum Gasteiger partial charge on any atom is -0.497 e. The highest BCUT2D eigenvalue weighted by Crippen LogP contribution is 2.39. The molecule has 0 unspecified atom stereocenters. The van der Waals surface area contributed by atoms with Gasteiger partial charge in [0.05, 0.1) is 24.7 Å². The lowest BCUT2D eigenvalue weighted by atomic mass is 9.85. The van der Waals surface area contributed by atoms with E-state index in [0.717, 1.165) is 43.3 Å². The number of amides is 2. The van der Waals surface area contributed by atoms with Gasteiger partial charge in [0.1, 0.15) is 41.8 Å². The van der Waals surface area contributed by atoms with Gasteiger partial charge >= 0.3 is 6.09 Å². The monoisotopic (exact) mass is 582 g/mol. The van der Waals surface area contributed by atoms with E-state index in [-0.39, 0.29) is 18.4 Å². The first-order valence-corrected chi connectivity index (χ1v) is 14.8. The standard InChI is InChI=1S/C31H42N4O7/c1-17(36)25-26(40-6)24-16-35(25)29(37)27(31(2,3)4)34-30(38)42-23-14-18(23)10-8-7-9-11-21-28(41-24)33-22-15-19(39-5)12-13-20(22)32-21/h12-13,15,18,23-27H,7-11,14,16H2,1-6H3,(H,34,38)/t18-,23-,24+,25-,26-,27-/m1/s1. The number of ether oxygens (including phenoxy) is 4. The summed E-state index contributed by atoms with van der Waals surface area (Å²) in [6.07, 6.45) is 3.15. The van der Waals surface area contributed by atoms with E-state index in [9.17, 15) is 14.4 Å². The number of carbonyl (C=O) groups is 3. The minimum absolute atomic E-state index is 0.0763. The molecule has 2 aliphatic heterocycles. The molecule has 3 aliphatic rings. The number of hydrogen-bond acceptors (Lipinski definition) is 9. The van der Waals surface area contributed by atoms with Gasteiger partial charge in [-0.1, -0.05) is 33.6 Å². The van der Waals surface area contributed by atoms with Gasteiger partial charge in [-0.15, -0.1) is 0 Å². The molecule has 11 heteroatoms. The maximum absolute atomic E-state index is 14.1. The van der Waals surface area contributed by atoms with Crippen LogP contribution in [0.1, 0.15) is 65.5 Å². The molecule has 2 fully saturated rings. The number of fused-ring (bicyclic) bond motifs is 5. The first-order valence-electron chi connectivity index (χ1n) is 14.8. The van der Waals surface area contributed by atoms with Crippen LogP contribution in [0.3, 0.4) is 0 Å². The van der Waals surface area contributed by atoms with Gasteiger partial charge in [0.15, 0.2) is 5.78 Å². The molecule has 0 spiro atoms. The molecule has 1 aromatic carbocycles. The molecule has 5 rings (SSSR count). The van der Waals surface area contributed by atoms with Crippen molar-refractivity contribution in [3.63, 3.8) is 0 Å². The Bertz CT molecular complexity index is 1340. The van der Waals surface area contributed by atoms with Crippen molar-refractivity contribution in [1.29, 1.82) is 0 Å². The third-order valence-electron chi connectivity index (χ3n) is 8.51. The van der Waals surface area contributed by atoms with Crippen molar-refractivity contribution in [2.24, 2.45) is 11.3 Å². The number of nitrogens with zero attached hydrogens (tertiary/aromatic N) is 3. The number of alkyl carbamates (subject to hydrolysis) is 1. The molecule has 11 nitrogen and oxygen atoms in total. The average Bonchev–Trinajstić information content (AvgIpc) is 3.56. The summed E-state index contributed by atoms with van der Waals surface area (Å²) >= 11 is 0. The molecule has 2 bridgehead atoms. The second kappa shape index (κ2) is 12.0. The van der Waals surface area contributed by atoms with Crippen molar-refractivity contribution in [3.8, 4) is 11.6 Å². The van der Waals surface area contributed by atoms with Crippen molar-refractivity contribution < 1.29 is 33.3 Å². The molecule has 2 aromatic rings. The number of carbonyl (C=O) groups excluding carboxylic acids is 3. The molecule has 228 valence electrons. The third-order valence-corrected chi connectivity index (χ3v) is 8.51. The predicted octanol–water partition coefficient (Wildman–Crippen LogP) is 3.85. The van der Waals surface area contributed by atoms with E-state index in [1.54, 1.807) is 13.2 Å². The van der Waals surface area contributed by atoms with Gasteiger partial charge in [-0.2, -0.15) is 0 Å². The number of ketones is 1. The van der Waals surface area contributed by atoms with Gasteiger partial charge in [0.2, 0.25) is 11.8 Å².